The second kappa shape index (κ2) is 20.4. The summed E-state index contributed by atoms with van der Waals surface area (Å²) in [5.74, 6) is 0. The highest BCUT2D eigenvalue weighted by atomic mass is 15.2. The number of hydrogen-bond donors (Lipinski definition) is 0. The second-order valence-electron chi connectivity index (χ2n) is 19.0. The number of benzene rings is 11. The van der Waals surface area contributed by atoms with Gasteiger partial charge in [-0.3, -0.25) is 0 Å². The third-order valence-electron chi connectivity index (χ3n) is 13.3. The van der Waals surface area contributed by atoms with Gasteiger partial charge in [-0.05, 0) is 150 Å². The fourth-order valence-corrected chi connectivity index (χ4v) is 9.79. The van der Waals surface area contributed by atoms with Gasteiger partial charge in [0.15, 0.2) is 0 Å². The molecule has 3 aliphatic rings. The number of anilines is 6. The molecule has 0 bridgehead atoms. The lowest BCUT2D eigenvalue weighted by Gasteiger charge is -2.46. The standard InChI is InChI=1S/C77H58BN3/c1-77(2,3)64-49-72-74-73(50-64)81(76-66(57-35-21-9-22-36-57)45-62(55-31-17-7-18-32-55)46-67(76)58-37-23-10-24-38-58)75-63(51-79)43-61(54-29-15-6-16-30-54)48-69(75)78(74)68-47-60(53-27-13-5-14-28-53)40-42-71(68)80(72)70-41-39-59(52-25-11-4-12-26-52)44-65(70)56-33-19-8-20-34-56/h5-11,13-50H,4,12H2,1-3H3/i4D,5D,6D,7D,8D,9D,10D,11D,12D,13D,14D,15D,16D,17D,18D,19D,20D,21D,22D,23D,24D,25D,26D,27D,28D,29D,30D,31D,32D,33D,34D,35D,36D,37D,38D,39D,42D,43D,45D,46D,47D,48D,49D,50D. The van der Waals surface area contributed by atoms with Gasteiger partial charge >= 0.3 is 0 Å². The maximum Gasteiger partial charge on any atom is 0.252 e. The predicted octanol–water partition coefficient (Wildman–Crippen LogP) is 18.7. The van der Waals surface area contributed by atoms with Crippen LogP contribution in [0, 0.1) is 11.3 Å². The molecule has 3 nitrogen and oxygen atoms in total. The summed E-state index contributed by atoms with van der Waals surface area (Å²) in [7, 11) is 0. The molecule has 0 fully saturated rings. The van der Waals surface area contributed by atoms with Crippen molar-refractivity contribution in [1.29, 1.82) is 5.26 Å². The van der Waals surface area contributed by atoms with Crippen molar-refractivity contribution in [1.82, 2.24) is 0 Å². The van der Waals surface area contributed by atoms with Gasteiger partial charge in [-0.15, -0.1) is 0 Å². The van der Waals surface area contributed by atoms with E-state index in [1.165, 1.54) is 20.8 Å². The van der Waals surface area contributed by atoms with Crippen LogP contribution in [0.2, 0.25) is 0 Å². The fraction of sp³-hybridized carbons (Fsp3) is 0.0779. The first-order chi connectivity index (χ1) is 58.1. The van der Waals surface area contributed by atoms with Crippen LogP contribution in [0.15, 0.2) is 272 Å². The molecular formula is C77H58BN3. The van der Waals surface area contributed by atoms with E-state index < -0.39 is 418 Å². The van der Waals surface area contributed by atoms with Gasteiger partial charge in [-0.25, -0.2) is 0 Å². The van der Waals surface area contributed by atoms with Gasteiger partial charge in [0.2, 0.25) is 0 Å². The number of hydrogen-bond acceptors (Lipinski definition) is 3. The number of rotatable bonds is 9. The Hall–Kier alpha value is -9.95. The highest BCUT2D eigenvalue weighted by Gasteiger charge is 2.46. The molecule has 2 atom stereocenters. The van der Waals surface area contributed by atoms with E-state index in [0.29, 0.717) is 4.90 Å². The van der Waals surface area contributed by atoms with Crippen LogP contribution < -0.4 is 26.2 Å². The lowest BCUT2D eigenvalue weighted by atomic mass is 9.33. The van der Waals surface area contributed by atoms with Gasteiger partial charge < -0.3 is 9.80 Å². The van der Waals surface area contributed by atoms with Crippen molar-refractivity contribution in [2.75, 3.05) is 9.80 Å². The molecule has 1 aliphatic carbocycles. The molecule has 4 heteroatoms. The predicted molar refractivity (Wildman–Crippen MR) is 343 cm³/mol. The first kappa shape index (κ1) is 21.3. The Bertz CT molecular complexity index is 6730. The minimum Gasteiger partial charge on any atom is -0.311 e. The van der Waals surface area contributed by atoms with E-state index in [9.17, 15) is 45.0 Å². The quantitative estimate of drug-likeness (QED) is 0.135. The molecule has 2 heterocycles. The van der Waals surface area contributed by atoms with Crippen molar-refractivity contribution in [2.24, 2.45) is 0 Å². The summed E-state index contributed by atoms with van der Waals surface area (Å²) in [6.45, 7) is 1.55. The van der Waals surface area contributed by atoms with Gasteiger partial charge in [0, 0.05) is 36.5 Å². The molecule has 0 N–H and O–H groups in total. The Kier molecular flexibility index (Phi) is 5.35. The molecule has 0 radical (unpaired) electrons. The summed E-state index contributed by atoms with van der Waals surface area (Å²) < 4.78 is 422. The molecule has 11 aromatic rings. The number of nitrogens with zero attached hydrogens (tertiary/aromatic N) is 3. The van der Waals surface area contributed by atoms with E-state index in [-0.39, 0.29) is 0 Å². The molecule has 384 valence electrons. The summed E-state index contributed by atoms with van der Waals surface area (Å²) in [4.78, 5) is 1.37. The number of fused-ring (bicyclic) bond motifs is 4. The Balaban J connectivity index is 1.39. The summed E-state index contributed by atoms with van der Waals surface area (Å²) in [5, 5.41) is 12.6. The summed E-state index contributed by atoms with van der Waals surface area (Å²) in [5.41, 5.74) is -27.3. The summed E-state index contributed by atoms with van der Waals surface area (Å²) in [6.07, 6.45) is -3.88. The highest BCUT2D eigenvalue weighted by molar-refractivity contribution is 7.00. The number of allylic oxidation sites excluding steroid dienone is 4. The van der Waals surface area contributed by atoms with E-state index >= 15 is 0 Å². The zero-order valence-corrected chi connectivity index (χ0v) is 42.3. The van der Waals surface area contributed by atoms with Crippen molar-refractivity contribution < 1.29 is 60.3 Å². The third-order valence-corrected chi connectivity index (χ3v) is 13.3. The molecule has 11 aromatic carbocycles. The molecule has 0 saturated carbocycles. The Labute approximate surface area is 538 Å². The Morgan fingerprint density at radius 3 is 1.48 bits per heavy atom. The zero-order chi connectivity index (χ0) is 92.9. The van der Waals surface area contributed by atoms with Gasteiger partial charge in [-0.1, -0.05) is 244 Å². The number of nitriles is 1. The van der Waals surface area contributed by atoms with E-state index in [1.807, 2.05) is 6.07 Å². The van der Waals surface area contributed by atoms with Crippen LogP contribution in [0.4, 0.5) is 34.1 Å². The van der Waals surface area contributed by atoms with E-state index in [1.54, 1.807) is 0 Å². The van der Waals surface area contributed by atoms with Crippen LogP contribution in [0.3, 0.4) is 0 Å². The van der Waals surface area contributed by atoms with Crippen LogP contribution in [0.1, 0.15) is 111 Å². The van der Waals surface area contributed by atoms with Gasteiger partial charge in [-0.2, -0.15) is 5.26 Å². The van der Waals surface area contributed by atoms with Gasteiger partial charge in [0.1, 0.15) is 6.07 Å². The van der Waals surface area contributed by atoms with Crippen LogP contribution in [-0.2, 0) is 5.41 Å². The van der Waals surface area contributed by atoms with Crippen molar-refractivity contribution in [3.8, 4) is 72.8 Å². The van der Waals surface area contributed by atoms with Crippen LogP contribution in [-0.4, -0.2) is 6.71 Å². The Morgan fingerprint density at radius 2 is 0.938 bits per heavy atom. The van der Waals surface area contributed by atoms with Crippen molar-refractivity contribution in [3.63, 3.8) is 0 Å². The SMILES string of the molecule is [2H]C1=C([2H])C([2H])C([2H])C([2H])=C1c1cc(-c2c([2H])c([2H])c([2H])c([2H])c2[2H])c(N2c3c([2H])cc(-c4c([2H])c([2H])c([2H])c([2H])c4[2H])c([2H])c3B3c4c2c([2H])c(C(C)(C)C)c([2H])c4N(c2c(-c4c([2H])c([2H])c([2H])c([2H])c4[2H])c([2H])c(-c4c([2H])c([2H])c([2H])c([2H])c4[2H])c([2H])c2-c2c([2H])c([2H])c([2H])c([2H])c2[2H])c2c(C#N)c([2H])c(-c4c([2H])c([2H])c([2H])c([2H])c4[2H])c([2H])c23)cc1[2H]. The van der Waals surface area contributed by atoms with Crippen molar-refractivity contribution in [2.45, 2.75) is 39.0 Å². The van der Waals surface area contributed by atoms with E-state index in [2.05, 4.69) is 0 Å². The molecule has 0 amide bonds. The lowest BCUT2D eigenvalue weighted by molar-refractivity contribution is 0.590. The van der Waals surface area contributed by atoms with Gasteiger partial charge in [0.25, 0.3) is 6.71 Å². The lowest BCUT2D eigenvalue weighted by Crippen LogP contribution is -2.61. The average Bonchev–Trinajstić information content (AvgIpc) is 0.661. The monoisotopic (exact) mass is 1080 g/mol. The van der Waals surface area contributed by atoms with Gasteiger partial charge in [0.05, 0.1) is 80.2 Å². The molecule has 0 saturated heterocycles. The highest BCUT2D eigenvalue weighted by Crippen LogP contribution is 2.54. The van der Waals surface area contributed by atoms with Crippen LogP contribution in [0.25, 0.3) is 72.3 Å². The normalized spacial score (nSPS) is 23.0. The second-order valence-corrected chi connectivity index (χ2v) is 19.0. The maximum atomic E-state index is 12.6. The smallest absolute Gasteiger partial charge is 0.252 e. The molecule has 81 heavy (non-hydrogen) atoms. The summed E-state index contributed by atoms with van der Waals surface area (Å²) in [6, 6.07) is -44.9. The minimum atomic E-state index is -2.59. The minimum absolute atomic E-state index is 0.557. The zero-order valence-electron chi connectivity index (χ0n) is 86.3. The van der Waals surface area contributed by atoms with Crippen molar-refractivity contribution in [3.05, 3.63) is 289 Å². The first-order valence-electron chi connectivity index (χ1n) is 46.7. The molecular weight excluding hydrogens is 978 g/mol. The first-order valence-corrected chi connectivity index (χ1v) is 24.6. The molecule has 0 spiro atoms. The van der Waals surface area contributed by atoms with E-state index in [4.69, 9.17) is 20.6 Å². The molecule has 0 aromatic heterocycles. The molecule has 2 aliphatic heterocycles. The average molecular weight is 1080 g/mol. The largest absolute Gasteiger partial charge is 0.311 e. The maximum absolute atomic E-state index is 12.6. The molecule has 2 unspecified atom stereocenters. The summed E-state index contributed by atoms with van der Waals surface area (Å²) >= 11 is 0. The van der Waals surface area contributed by atoms with Crippen molar-refractivity contribution >= 4 is 62.8 Å². The third kappa shape index (κ3) is 8.80. The van der Waals surface area contributed by atoms with Crippen LogP contribution >= 0.6 is 0 Å². The fourth-order valence-electron chi connectivity index (χ4n) is 9.79. The molecule has 14 rings (SSSR count). The Morgan fingerprint density at radius 1 is 0.444 bits per heavy atom. The topological polar surface area (TPSA) is 30.3 Å². The van der Waals surface area contributed by atoms with Crippen LogP contribution in [0.5, 0.6) is 0 Å². The van der Waals surface area contributed by atoms with E-state index in [0.717, 1.165) is 23.1 Å².